The maximum Gasteiger partial charge on any atom is 0.247 e. The van der Waals surface area contributed by atoms with Crippen molar-refractivity contribution in [2.75, 3.05) is 19.8 Å². The summed E-state index contributed by atoms with van der Waals surface area (Å²) in [6, 6.07) is 0.258. The van der Waals surface area contributed by atoms with Crippen molar-refractivity contribution in [2.45, 2.75) is 64.0 Å². The number of hydrogen-bond donors (Lipinski definition) is 1. The molecule has 0 bridgehead atoms. The van der Waals surface area contributed by atoms with Crippen LogP contribution in [0.4, 0.5) is 0 Å². The highest BCUT2D eigenvalue weighted by Gasteiger charge is 2.56. The highest BCUT2D eigenvalue weighted by Crippen LogP contribution is 2.50. The molecule has 3 rings (SSSR count). The molecule has 2 atom stereocenters. The minimum Gasteiger partial charge on any atom is -0.381 e. The van der Waals surface area contributed by atoms with Crippen LogP contribution in [0.25, 0.3) is 0 Å². The van der Waals surface area contributed by atoms with E-state index in [0.29, 0.717) is 0 Å². The normalized spacial score (nSPS) is 31.4. The van der Waals surface area contributed by atoms with Crippen molar-refractivity contribution in [3.05, 3.63) is 11.6 Å². The third-order valence-corrected chi connectivity index (χ3v) is 5.46. The zero-order valence-electron chi connectivity index (χ0n) is 13.0. The van der Waals surface area contributed by atoms with Gasteiger partial charge < -0.3 is 14.8 Å². The number of nitrogens with one attached hydrogen (secondary N) is 1. The number of ether oxygens (including phenoxy) is 2. The van der Waals surface area contributed by atoms with Gasteiger partial charge in [-0.05, 0) is 51.9 Å². The fourth-order valence-electron chi connectivity index (χ4n) is 4.10. The monoisotopic (exact) mass is 293 g/mol. The Morgan fingerprint density at radius 1 is 1.43 bits per heavy atom. The van der Waals surface area contributed by atoms with Crippen LogP contribution in [0, 0.1) is 5.41 Å². The van der Waals surface area contributed by atoms with Crippen LogP contribution >= 0.6 is 0 Å². The third-order valence-electron chi connectivity index (χ3n) is 5.46. The van der Waals surface area contributed by atoms with E-state index in [9.17, 15) is 4.79 Å². The summed E-state index contributed by atoms with van der Waals surface area (Å²) in [7, 11) is 0. The fraction of sp³-hybridized carbons (Fsp3) is 0.824. The highest BCUT2D eigenvalue weighted by atomic mass is 16.5. The Bertz CT molecular complexity index is 412. The number of carbonyl (C=O) groups excluding carboxylic acids is 1. The number of rotatable bonds is 4. The van der Waals surface area contributed by atoms with Crippen molar-refractivity contribution < 1.29 is 14.3 Å². The fourth-order valence-corrected chi connectivity index (χ4v) is 4.10. The van der Waals surface area contributed by atoms with Gasteiger partial charge in [0.15, 0.2) is 0 Å². The van der Waals surface area contributed by atoms with Crippen molar-refractivity contribution in [2.24, 2.45) is 5.41 Å². The molecule has 4 nitrogen and oxygen atoms in total. The van der Waals surface area contributed by atoms with E-state index >= 15 is 0 Å². The topological polar surface area (TPSA) is 47.6 Å². The first-order chi connectivity index (χ1) is 10.3. The summed E-state index contributed by atoms with van der Waals surface area (Å²) in [5.74, 6) is 0.153. The van der Waals surface area contributed by atoms with Gasteiger partial charge in [-0.2, -0.15) is 0 Å². The van der Waals surface area contributed by atoms with E-state index in [1.807, 2.05) is 6.92 Å². The average Bonchev–Trinajstić information content (AvgIpc) is 2.55. The van der Waals surface area contributed by atoms with Crippen LogP contribution in [0.1, 0.15) is 51.9 Å². The van der Waals surface area contributed by atoms with Gasteiger partial charge in [-0.1, -0.05) is 6.08 Å². The number of carbonyl (C=O) groups is 1. The zero-order chi connectivity index (χ0) is 14.7. The highest BCUT2D eigenvalue weighted by molar-refractivity contribution is 5.93. The molecule has 2 aliphatic carbocycles. The lowest BCUT2D eigenvalue weighted by atomic mass is 9.57. The Morgan fingerprint density at radius 3 is 2.90 bits per heavy atom. The van der Waals surface area contributed by atoms with E-state index in [4.69, 9.17) is 9.47 Å². The minimum absolute atomic E-state index is 0.110. The van der Waals surface area contributed by atoms with E-state index in [2.05, 4.69) is 11.4 Å². The van der Waals surface area contributed by atoms with Gasteiger partial charge in [-0.15, -0.1) is 0 Å². The third kappa shape index (κ3) is 2.88. The molecule has 1 saturated carbocycles. The van der Waals surface area contributed by atoms with Crippen LogP contribution in [-0.4, -0.2) is 37.9 Å². The Morgan fingerprint density at radius 2 is 2.24 bits per heavy atom. The van der Waals surface area contributed by atoms with Crippen molar-refractivity contribution >= 4 is 5.91 Å². The molecule has 0 aromatic rings. The quantitative estimate of drug-likeness (QED) is 0.866. The predicted octanol–water partition coefficient (Wildman–Crippen LogP) is 2.58. The molecule has 0 aromatic heterocycles. The van der Waals surface area contributed by atoms with Gasteiger partial charge >= 0.3 is 0 Å². The predicted molar refractivity (Wildman–Crippen MR) is 81.0 cm³/mol. The SMILES string of the molecule is CCOC1CC(NC(=O)C2=CCCCC2)C12CCOCC2. The van der Waals surface area contributed by atoms with Gasteiger partial charge in [0.05, 0.1) is 6.10 Å². The van der Waals surface area contributed by atoms with Gasteiger partial charge in [0.2, 0.25) is 5.91 Å². The smallest absolute Gasteiger partial charge is 0.247 e. The molecular weight excluding hydrogens is 266 g/mol. The van der Waals surface area contributed by atoms with Crippen LogP contribution in [-0.2, 0) is 14.3 Å². The molecule has 1 spiro atoms. The molecule has 2 unspecified atom stereocenters. The lowest BCUT2D eigenvalue weighted by molar-refractivity contribution is -0.175. The summed E-state index contributed by atoms with van der Waals surface area (Å²) < 4.78 is 11.4. The van der Waals surface area contributed by atoms with Gasteiger partial charge in [-0.25, -0.2) is 0 Å². The molecule has 0 radical (unpaired) electrons. The molecule has 1 N–H and O–H groups in total. The van der Waals surface area contributed by atoms with E-state index < -0.39 is 0 Å². The summed E-state index contributed by atoms with van der Waals surface area (Å²) in [6.45, 7) is 4.38. The molecule has 1 saturated heterocycles. The standard InChI is InChI=1S/C17H27NO3/c1-2-21-15-12-14(17(15)8-10-20-11-9-17)18-16(19)13-6-4-3-5-7-13/h6,14-15H,2-5,7-12H2,1H3,(H,18,19). The second kappa shape index (κ2) is 6.49. The largest absolute Gasteiger partial charge is 0.381 e. The maximum absolute atomic E-state index is 12.4. The Kier molecular flexibility index (Phi) is 4.65. The maximum atomic E-state index is 12.4. The summed E-state index contributed by atoms with van der Waals surface area (Å²) in [4.78, 5) is 12.4. The van der Waals surface area contributed by atoms with Gasteiger partial charge in [0.25, 0.3) is 0 Å². The van der Waals surface area contributed by atoms with Crippen LogP contribution in [0.3, 0.4) is 0 Å². The van der Waals surface area contributed by atoms with E-state index in [-0.39, 0.29) is 23.5 Å². The molecule has 1 amide bonds. The Hall–Kier alpha value is -0.870. The lowest BCUT2D eigenvalue weighted by Crippen LogP contribution is -2.66. The summed E-state index contributed by atoms with van der Waals surface area (Å²) in [5, 5.41) is 3.29. The minimum atomic E-state index is 0.110. The molecule has 2 fully saturated rings. The first-order valence-corrected chi connectivity index (χ1v) is 8.45. The molecular formula is C17H27NO3. The van der Waals surface area contributed by atoms with Crippen LogP contribution in [0.15, 0.2) is 11.6 Å². The number of hydrogen-bond acceptors (Lipinski definition) is 3. The van der Waals surface area contributed by atoms with E-state index in [0.717, 1.165) is 63.9 Å². The molecule has 21 heavy (non-hydrogen) atoms. The van der Waals surface area contributed by atoms with Gasteiger partial charge in [0, 0.05) is 36.9 Å². The number of allylic oxidation sites excluding steroid dienone is 1. The zero-order valence-corrected chi connectivity index (χ0v) is 13.0. The van der Waals surface area contributed by atoms with Crippen molar-refractivity contribution in [3.63, 3.8) is 0 Å². The van der Waals surface area contributed by atoms with E-state index in [1.54, 1.807) is 0 Å². The van der Waals surface area contributed by atoms with Crippen molar-refractivity contribution in [1.82, 2.24) is 5.32 Å². The Balaban J connectivity index is 1.64. The average molecular weight is 293 g/mol. The molecule has 3 aliphatic rings. The van der Waals surface area contributed by atoms with Crippen LogP contribution in [0.5, 0.6) is 0 Å². The first kappa shape index (κ1) is 15.0. The molecule has 4 heteroatoms. The van der Waals surface area contributed by atoms with Crippen LogP contribution in [0.2, 0.25) is 0 Å². The summed E-state index contributed by atoms with van der Waals surface area (Å²) in [6.07, 6.45) is 9.71. The molecule has 1 heterocycles. The van der Waals surface area contributed by atoms with Crippen molar-refractivity contribution in [1.29, 1.82) is 0 Å². The first-order valence-electron chi connectivity index (χ1n) is 8.45. The summed E-state index contributed by atoms with van der Waals surface area (Å²) in [5.41, 5.74) is 1.10. The van der Waals surface area contributed by atoms with Gasteiger partial charge in [-0.3, -0.25) is 4.79 Å². The summed E-state index contributed by atoms with van der Waals surface area (Å²) >= 11 is 0. The lowest BCUT2D eigenvalue weighted by Gasteiger charge is -2.57. The second-order valence-electron chi connectivity index (χ2n) is 6.53. The second-order valence-corrected chi connectivity index (χ2v) is 6.53. The molecule has 0 aromatic carbocycles. The van der Waals surface area contributed by atoms with E-state index in [1.165, 1.54) is 6.42 Å². The molecule has 118 valence electrons. The molecule has 1 aliphatic heterocycles. The van der Waals surface area contributed by atoms with Crippen LogP contribution < -0.4 is 5.32 Å². The van der Waals surface area contributed by atoms with Crippen molar-refractivity contribution in [3.8, 4) is 0 Å². The Labute approximate surface area is 127 Å². The number of amides is 1. The van der Waals surface area contributed by atoms with Gasteiger partial charge in [0.1, 0.15) is 0 Å².